The number of hydrogen-bond acceptors (Lipinski definition) is 3. The summed E-state index contributed by atoms with van der Waals surface area (Å²) >= 11 is 0. The third-order valence-electron chi connectivity index (χ3n) is 5.21. The minimum absolute atomic E-state index is 0.447. The van der Waals surface area contributed by atoms with Gasteiger partial charge in [-0.1, -0.05) is 31.0 Å². The van der Waals surface area contributed by atoms with Crippen molar-refractivity contribution in [2.45, 2.75) is 51.5 Å². The van der Waals surface area contributed by atoms with Crippen molar-refractivity contribution >= 4 is 15.9 Å². The van der Waals surface area contributed by atoms with E-state index in [1.807, 2.05) is 0 Å². The third kappa shape index (κ3) is 4.10. The Balaban J connectivity index is 1.59. The third-order valence-corrected chi connectivity index (χ3v) is 6.82. The van der Waals surface area contributed by atoms with Crippen LogP contribution in [0.2, 0.25) is 0 Å². The second kappa shape index (κ2) is 7.85. The molecule has 0 radical (unpaired) electrons. The van der Waals surface area contributed by atoms with E-state index in [9.17, 15) is 8.42 Å². The largest absolute Gasteiger partial charge is 0.367 e. The summed E-state index contributed by atoms with van der Waals surface area (Å²) in [7, 11) is -3.35. The minimum Gasteiger partial charge on any atom is -0.367 e. The highest BCUT2D eigenvalue weighted by Gasteiger charge is 2.25. The molecule has 1 aromatic rings. The van der Waals surface area contributed by atoms with Crippen molar-refractivity contribution in [1.82, 2.24) is 9.03 Å². The molecular formula is C18H29N3O2S. The van der Waals surface area contributed by atoms with Gasteiger partial charge in [0, 0.05) is 37.9 Å². The average Bonchev–Trinajstić information content (AvgIpc) is 2.87. The van der Waals surface area contributed by atoms with E-state index in [0.29, 0.717) is 32.2 Å². The molecule has 2 aliphatic rings. The quantitative estimate of drug-likeness (QED) is 0.887. The first kappa shape index (κ1) is 17.7. The Morgan fingerprint density at radius 2 is 1.83 bits per heavy atom. The highest BCUT2D eigenvalue weighted by molar-refractivity contribution is 7.87. The molecular weight excluding hydrogens is 322 g/mol. The maximum absolute atomic E-state index is 12.5. The topological polar surface area (TPSA) is 52.7 Å². The molecule has 3 rings (SSSR count). The SMILES string of the molecule is C[C@H]1CCc2ccccc2N1CCNS(=O)(=O)N1CCCCCC1. The lowest BCUT2D eigenvalue weighted by Crippen LogP contribution is -2.46. The molecule has 1 fully saturated rings. The molecule has 0 unspecified atom stereocenters. The maximum Gasteiger partial charge on any atom is 0.279 e. The Morgan fingerprint density at radius 1 is 1.12 bits per heavy atom. The zero-order valence-corrected chi connectivity index (χ0v) is 15.4. The zero-order chi connectivity index (χ0) is 17.0. The number of aryl methyl sites for hydroxylation is 1. The molecule has 0 spiro atoms. The fourth-order valence-corrected chi connectivity index (χ4v) is 5.04. The van der Waals surface area contributed by atoms with Crippen LogP contribution in [0.5, 0.6) is 0 Å². The standard InChI is InChI=1S/C18H29N3O2S/c1-16-10-11-17-8-4-5-9-18(17)21(16)15-12-19-24(22,23)20-13-6-2-3-7-14-20/h4-5,8-9,16,19H,2-3,6-7,10-15H2,1H3/t16-/m0/s1. The molecule has 0 aromatic heterocycles. The normalized spacial score (nSPS) is 22.9. The summed E-state index contributed by atoms with van der Waals surface area (Å²) in [6.45, 7) is 4.69. The minimum atomic E-state index is -3.35. The summed E-state index contributed by atoms with van der Waals surface area (Å²) in [4.78, 5) is 2.34. The van der Waals surface area contributed by atoms with Gasteiger partial charge in [0.15, 0.2) is 0 Å². The number of anilines is 1. The molecule has 1 aromatic carbocycles. The number of nitrogens with one attached hydrogen (secondary N) is 1. The van der Waals surface area contributed by atoms with Crippen LogP contribution in [-0.2, 0) is 16.6 Å². The van der Waals surface area contributed by atoms with Crippen LogP contribution in [-0.4, -0.2) is 44.9 Å². The van der Waals surface area contributed by atoms with Gasteiger partial charge in [0.2, 0.25) is 0 Å². The number of hydrogen-bond donors (Lipinski definition) is 1. The first-order valence-corrected chi connectivity index (χ1v) is 10.6. The van der Waals surface area contributed by atoms with Crippen LogP contribution in [0.1, 0.15) is 44.6 Å². The summed E-state index contributed by atoms with van der Waals surface area (Å²) in [6, 6.07) is 8.91. The van der Waals surface area contributed by atoms with Gasteiger partial charge >= 0.3 is 0 Å². The van der Waals surface area contributed by atoms with Crippen LogP contribution in [0.3, 0.4) is 0 Å². The number of benzene rings is 1. The van der Waals surface area contributed by atoms with Crippen LogP contribution in [0, 0.1) is 0 Å². The maximum atomic E-state index is 12.5. The van der Waals surface area contributed by atoms with Gasteiger partial charge in [-0.2, -0.15) is 12.7 Å². The molecule has 1 saturated heterocycles. The van der Waals surface area contributed by atoms with Crippen molar-refractivity contribution in [1.29, 1.82) is 0 Å². The number of para-hydroxylation sites is 1. The van der Waals surface area contributed by atoms with E-state index in [-0.39, 0.29) is 0 Å². The van der Waals surface area contributed by atoms with E-state index < -0.39 is 10.2 Å². The van der Waals surface area contributed by atoms with Crippen LogP contribution >= 0.6 is 0 Å². The highest BCUT2D eigenvalue weighted by Crippen LogP contribution is 2.29. The van der Waals surface area contributed by atoms with Gasteiger partial charge in [0.25, 0.3) is 10.2 Å². The first-order chi connectivity index (χ1) is 11.6. The zero-order valence-electron chi connectivity index (χ0n) is 14.6. The molecule has 0 aliphatic carbocycles. The monoisotopic (exact) mass is 351 g/mol. The van der Waals surface area contributed by atoms with Crippen molar-refractivity contribution in [2.75, 3.05) is 31.1 Å². The summed E-state index contributed by atoms with van der Waals surface area (Å²) < 4.78 is 29.4. The molecule has 0 bridgehead atoms. The Kier molecular flexibility index (Phi) is 5.79. The van der Waals surface area contributed by atoms with E-state index in [1.54, 1.807) is 4.31 Å². The second-order valence-corrected chi connectivity index (χ2v) is 8.68. The Hall–Kier alpha value is -1.11. The Bertz CT molecular complexity index is 639. The molecule has 134 valence electrons. The fourth-order valence-electron chi connectivity index (χ4n) is 3.77. The van der Waals surface area contributed by atoms with Gasteiger partial charge in [-0.05, 0) is 44.2 Å². The lowest BCUT2D eigenvalue weighted by atomic mass is 9.97. The molecule has 1 N–H and O–H groups in total. The molecule has 2 heterocycles. The van der Waals surface area contributed by atoms with Crippen molar-refractivity contribution in [3.05, 3.63) is 29.8 Å². The summed E-state index contributed by atoms with van der Waals surface area (Å²) in [6.07, 6.45) is 6.43. The second-order valence-electron chi connectivity index (χ2n) is 6.92. The van der Waals surface area contributed by atoms with Crippen molar-refractivity contribution in [3.63, 3.8) is 0 Å². The summed E-state index contributed by atoms with van der Waals surface area (Å²) in [5.74, 6) is 0. The van der Waals surface area contributed by atoms with Crippen molar-refractivity contribution in [2.24, 2.45) is 0 Å². The lowest BCUT2D eigenvalue weighted by molar-refractivity contribution is 0.414. The van der Waals surface area contributed by atoms with Crippen molar-refractivity contribution < 1.29 is 8.42 Å². The van der Waals surface area contributed by atoms with Crippen LogP contribution in [0.15, 0.2) is 24.3 Å². The smallest absolute Gasteiger partial charge is 0.279 e. The Labute approximate surface area is 146 Å². The van der Waals surface area contributed by atoms with Crippen LogP contribution in [0.25, 0.3) is 0 Å². The molecule has 6 heteroatoms. The van der Waals surface area contributed by atoms with E-state index in [0.717, 1.165) is 38.5 Å². The van der Waals surface area contributed by atoms with Gasteiger partial charge in [-0.15, -0.1) is 0 Å². The Morgan fingerprint density at radius 3 is 2.58 bits per heavy atom. The van der Waals surface area contributed by atoms with E-state index in [4.69, 9.17) is 0 Å². The van der Waals surface area contributed by atoms with Gasteiger partial charge in [0.1, 0.15) is 0 Å². The van der Waals surface area contributed by atoms with Gasteiger partial charge in [-0.3, -0.25) is 0 Å². The van der Waals surface area contributed by atoms with Crippen LogP contribution < -0.4 is 9.62 Å². The average molecular weight is 352 g/mol. The molecule has 5 nitrogen and oxygen atoms in total. The summed E-state index contributed by atoms with van der Waals surface area (Å²) in [5.41, 5.74) is 2.62. The van der Waals surface area contributed by atoms with Crippen molar-refractivity contribution in [3.8, 4) is 0 Å². The number of nitrogens with zero attached hydrogens (tertiary/aromatic N) is 2. The number of fused-ring (bicyclic) bond motifs is 1. The molecule has 24 heavy (non-hydrogen) atoms. The van der Waals surface area contributed by atoms with E-state index in [1.165, 1.54) is 11.3 Å². The van der Waals surface area contributed by atoms with E-state index in [2.05, 4.69) is 40.8 Å². The molecule has 2 aliphatic heterocycles. The predicted octanol–water partition coefficient (Wildman–Crippen LogP) is 2.54. The predicted molar refractivity (Wildman–Crippen MR) is 98.5 cm³/mol. The van der Waals surface area contributed by atoms with Crippen LogP contribution in [0.4, 0.5) is 5.69 Å². The van der Waals surface area contributed by atoms with Gasteiger partial charge in [0.05, 0.1) is 0 Å². The fraction of sp³-hybridized carbons (Fsp3) is 0.667. The molecule has 0 amide bonds. The van der Waals surface area contributed by atoms with Gasteiger partial charge < -0.3 is 4.90 Å². The van der Waals surface area contributed by atoms with E-state index >= 15 is 0 Å². The lowest BCUT2D eigenvalue weighted by Gasteiger charge is -2.37. The molecule has 1 atom stereocenters. The highest BCUT2D eigenvalue weighted by atomic mass is 32.2. The van der Waals surface area contributed by atoms with Gasteiger partial charge in [-0.25, -0.2) is 4.72 Å². The molecule has 0 saturated carbocycles. The number of rotatable bonds is 5. The summed E-state index contributed by atoms with van der Waals surface area (Å²) in [5, 5.41) is 0. The first-order valence-electron chi connectivity index (χ1n) is 9.17.